The summed E-state index contributed by atoms with van der Waals surface area (Å²) in [6.07, 6.45) is 0. The first-order valence-corrected chi connectivity index (χ1v) is 4.45. The summed E-state index contributed by atoms with van der Waals surface area (Å²) in [7, 11) is 0. The first-order valence-electron chi connectivity index (χ1n) is 2.90. The molecular weight excluding hydrogens is 267 g/mol. The van der Waals surface area contributed by atoms with Crippen molar-refractivity contribution in [3.05, 3.63) is 32.2 Å². The third-order valence-corrected chi connectivity index (χ3v) is 2.27. The van der Waals surface area contributed by atoms with E-state index in [0.29, 0.717) is 4.47 Å². The van der Waals surface area contributed by atoms with Gasteiger partial charge in [0, 0.05) is 4.47 Å². The summed E-state index contributed by atoms with van der Waals surface area (Å²) in [5, 5.41) is 8.91. The number of hydrogen-bond donors (Lipinski definition) is 1. The van der Waals surface area contributed by atoms with Crippen LogP contribution in [-0.4, -0.2) is 11.1 Å². The van der Waals surface area contributed by atoms with Crippen molar-refractivity contribution in [1.29, 1.82) is 0 Å². The molecule has 0 fully saturated rings. The average molecular weight is 270 g/mol. The first-order chi connectivity index (χ1) is 5.52. The molecule has 0 amide bonds. The van der Waals surface area contributed by atoms with Crippen molar-refractivity contribution in [2.45, 2.75) is 0 Å². The molecule has 2 nitrogen and oxygen atoms in total. The fourth-order valence-electron chi connectivity index (χ4n) is 0.747. The standard InChI is InChI=1S/C7H3BrCl2O2/c8-3-1-4(9)6(7(11)12)5(10)2-3/h1-2H,(H,11,12). The molecule has 1 aromatic carbocycles. The molecule has 0 radical (unpaired) electrons. The summed E-state index contributed by atoms with van der Waals surface area (Å²) < 4.78 is 0.655. The average Bonchev–Trinajstić information content (AvgIpc) is 1.82. The quantitative estimate of drug-likeness (QED) is 0.848. The van der Waals surface area contributed by atoms with E-state index in [-0.39, 0.29) is 15.6 Å². The number of aromatic carboxylic acids is 1. The van der Waals surface area contributed by atoms with Crippen molar-refractivity contribution in [2.75, 3.05) is 0 Å². The van der Waals surface area contributed by atoms with E-state index in [1.165, 1.54) is 12.1 Å². The lowest BCUT2D eigenvalue weighted by Gasteiger charge is -2.01. The number of carbonyl (C=O) groups is 1. The lowest BCUT2D eigenvalue weighted by molar-refractivity contribution is 0.0697. The predicted molar refractivity (Wildman–Crippen MR) is 51.1 cm³/mol. The number of carboxylic acids is 1. The monoisotopic (exact) mass is 268 g/mol. The molecule has 0 unspecified atom stereocenters. The van der Waals surface area contributed by atoms with Crippen LogP contribution in [-0.2, 0) is 0 Å². The summed E-state index contributed by atoms with van der Waals surface area (Å²) in [4.78, 5) is 10.6. The van der Waals surface area contributed by atoms with E-state index >= 15 is 0 Å². The van der Waals surface area contributed by atoms with Crippen LogP contribution in [0.15, 0.2) is 16.6 Å². The minimum absolute atomic E-state index is 0.0680. The van der Waals surface area contributed by atoms with E-state index < -0.39 is 5.97 Å². The zero-order valence-electron chi connectivity index (χ0n) is 5.64. The maximum Gasteiger partial charge on any atom is 0.338 e. The summed E-state index contributed by atoms with van der Waals surface area (Å²) in [6, 6.07) is 2.97. The zero-order chi connectivity index (χ0) is 9.30. The van der Waals surface area contributed by atoms with Gasteiger partial charge in [0.15, 0.2) is 0 Å². The molecular formula is C7H3BrCl2O2. The Bertz CT molecular complexity index is 315. The molecule has 0 atom stereocenters. The van der Waals surface area contributed by atoms with E-state index in [9.17, 15) is 4.79 Å². The van der Waals surface area contributed by atoms with Crippen molar-refractivity contribution in [2.24, 2.45) is 0 Å². The molecule has 12 heavy (non-hydrogen) atoms. The SMILES string of the molecule is O=C(O)c1c(Cl)cc(Br)cc1Cl. The molecule has 0 saturated heterocycles. The Hall–Kier alpha value is -0.250. The van der Waals surface area contributed by atoms with Crippen LogP contribution in [0, 0.1) is 0 Å². The molecule has 1 N–H and O–H groups in total. The molecule has 5 heteroatoms. The molecule has 1 aromatic rings. The molecule has 0 aliphatic heterocycles. The summed E-state index contributed by atoms with van der Waals surface area (Å²) in [6.45, 7) is 0. The van der Waals surface area contributed by atoms with Gasteiger partial charge in [-0.15, -0.1) is 0 Å². The number of hydrogen-bond acceptors (Lipinski definition) is 1. The second-order valence-electron chi connectivity index (χ2n) is 2.05. The van der Waals surface area contributed by atoms with Gasteiger partial charge in [-0.3, -0.25) is 0 Å². The third-order valence-electron chi connectivity index (χ3n) is 1.22. The molecule has 0 aliphatic carbocycles. The highest BCUT2D eigenvalue weighted by Crippen LogP contribution is 2.28. The highest BCUT2D eigenvalue weighted by Gasteiger charge is 2.13. The Balaban J connectivity index is 3.38. The minimum atomic E-state index is -1.13. The van der Waals surface area contributed by atoms with Crippen LogP contribution in [0.25, 0.3) is 0 Å². The topological polar surface area (TPSA) is 37.3 Å². The van der Waals surface area contributed by atoms with Gasteiger partial charge in [-0.25, -0.2) is 4.79 Å². The molecule has 64 valence electrons. The smallest absolute Gasteiger partial charge is 0.338 e. The molecule has 0 bridgehead atoms. The Morgan fingerprint density at radius 1 is 1.33 bits per heavy atom. The van der Waals surface area contributed by atoms with E-state index in [1.807, 2.05) is 0 Å². The highest BCUT2D eigenvalue weighted by molar-refractivity contribution is 9.10. The number of carboxylic acid groups (broad SMARTS) is 1. The van der Waals surface area contributed by atoms with Crippen molar-refractivity contribution < 1.29 is 9.90 Å². The normalized spacial score (nSPS) is 9.92. The van der Waals surface area contributed by atoms with Crippen LogP contribution in [0.1, 0.15) is 10.4 Å². The van der Waals surface area contributed by atoms with Crippen molar-refractivity contribution in [3.63, 3.8) is 0 Å². The van der Waals surface area contributed by atoms with Crippen LogP contribution in [0.5, 0.6) is 0 Å². The van der Waals surface area contributed by atoms with Gasteiger partial charge in [-0.1, -0.05) is 39.1 Å². The summed E-state index contributed by atoms with van der Waals surface area (Å²) in [5.41, 5.74) is -0.0680. The maximum absolute atomic E-state index is 10.6. The van der Waals surface area contributed by atoms with E-state index in [4.69, 9.17) is 28.3 Å². The molecule has 0 heterocycles. The van der Waals surface area contributed by atoms with Crippen molar-refractivity contribution in [3.8, 4) is 0 Å². The van der Waals surface area contributed by atoms with E-state index in [1.54, 1.807) is 0 Å². The number of halogens is 3. The number of benzene rings is 1. The van der Waals surface area contributed by atoms with Gasteiger partial charge in [-0.05, 0) is 12.1 Å². The molecule has 0 aliphatic rings. The minimum Gasteiger partial charge on any atom is -0.478 e. The van der Waals surface area contributed by atoms with Crippen LogP contribution < -0.4 is 0 Å². The van der Waals surface area contributed by atoms with Crippen molar-refractivity contribution in [1.82, 2.24) is 0 Å². The van der Waals surface area contributed by atoms with Crippen LogP contribution in [0.2, 0.25) is 10.0 Å². The third kappa shape index (κ3) is 1.91. The van der Waals surface area contributed by atoms with Gasteiger partial charge >= 0.3 is 5.97 Å². The summed E-state index contributed by atoms with van der Waals surface area (Å²) >= 11 is 14.4. The molecule has 0 aromatic heterocycles. The second-order valence-corrected chi connectivity index (χ2v) is 3.78. The lowest BCUT2D eigenvalue weighted by atomic mass is 10.2. The Labute approximate surface area is 87.2 Å². The van der Waals surface area contributed by atoms with Gasteiger partial charge in [0.05, 0.1) is 15.6 Å². The Morgan fingerprint density at radius 2 is 1.75 bits per heavy atom. The van der Waals surface area contributed by atoms with Gasteiger partial charge < -0.3 is 5.11 Å². The van der Waals surface area contributed by atoms with Crippen LogP contribution in [0.4, 0.5) is 0 Å². The second kappa shape index (κ2) is 3.64. The molecule has 1 rings (SSSR count). The van der Waals surface area contributed by atoms with Gasteiger partial charge in [0.1, 0.15) is 0 Å². The predicted octanol–water partition coefficient (Wildman–Crippen LogP) is 3.45. The van der Waals surface area contributed by atoms with Gasteiger partial charge in [-0.2, -0.15) is 0 Å². The van der Waals surface area contributed by atoms with Gasteiger partial charge in [0.25, 0.3) is 0 Å². The van der Waals surface area contributed by atoms with Crippen LogP contribution in [0.3, 0.4) is 0 Å². The molecule has 0 saturated carbocycles. The lowest BCUT2D eigenvalue weighted by Crippen LogP contribution is -1.98. The fraction of sp³-hybridized carbons (Fsp3) is 0. The maximum atomic E-state index is 10.6. The summed E-state index contributed by atoms with van der Waals surface area (Å²) in [5.74, 6) is -1.13. The molecule has 0 spiro atoms. The fourth-order valence-corrected chi connectivity index (χ4v) is 2.12. The first kappa shape index (κ1) is 9.84. The zero-order valence-corrected chi connectivity index (χ0v) is 8.74. The van der Waals surface area contributed by atoms with E-state index in [2.05, 4.69) is 15.9 Å². The Morgan fingerprint density at radius 3 is 2.08 bits per heavy atom. The van der Waals surface area contributed by atoms with E-state index in [0.717, 1.165) is 0 Å². The largest absolute Gasteiger partial charge is 0.478 e. The van der Waals surface area contributed by atoms with Gasteiger partial charge in [0.2, 0.25) is 0 Å². The van der Waals surface area contributed by atoms with Crippen molar-refractivity contribution >= 4 is 45.1 Å². The number of rotatable bonds is 1. The highest BCUT2D eigenvalue weighted by atomic mass is 79.9. The van der Waals surface area contributed by atoms with Crippen LogP contribution >= 0.6 is 39.1 Å². The Kier molecular flexibility index (Phi) is 2.99.